The molecule has 8 nitrogen and oxygen atoms in total. The van der Waals surface area contributed by atoms with E-state index in [9.17, 15) is 8.42 Å². The molecule has 3 rings (SSSR count). The van der Waals surface area contributed by atoms with Gasteiger partial charge in [0, 0.05) is 11.6 Å². The average molecular weight is 317 g/mol. The molecule has 3 aromatic heterocycles. The van der Waals surface area contributed by atoms with Crippen LogP contribution in [-0.2, 0) is 10.0 Å². The molecule has 0 saturated heterocycles. The Balaban J connectivity index is 2.10. The highest BCUT2D eigenvalue weighted by atomic mass is 35.5. The Hall–Kier alpha value is -1.78. The summed E-state index contributed by atoms with van der Waals surface area (Å²) in [4.78, 5) is 8.17. The third-order valence-electron chi connectivity index (χ3n) is 2.14. The number of nitrogens with zero attached hydrogens (tertiary/aromatic N) is 5. The maximum absolute atomic E-state index is 12.2. The minimum atomic E-state index is -3.94. The van der Waals surface area contributed by atoms with Gasteiger partial charge in [-0.05, 0) is 0 Å². The molecule has 0 amide bonds. The second-order valence-electron chi connectivity index (χ2n) is 3.34. The number of fused-ring (bicyclic) bond motifs is 1. The number of aromatic nitrogens is 5. The van der Waals surface area contributed by atoms with Gasteiger partial charge < -0.3 is 0 Å². The van der Waals surface area contributed by atoms with Gasteiger partial charge in [-0.3, -0.25) is 4.40 Å². The SMILES string of the molecule is O=S(=O)(Nc1nccnn1)c1c(Cl)nc2sccn12. The highest BCUT2D eigenvalue weighted by Gasteiger charge is 2.25. The maximum atomic E-state index is 12.2. The van der Waals surface area contributed by atoms with Crippen molar-refractivity contribution in [3.8, 4) is 0 Å². The van der Waals surface area contributed by atoms with Crippen LogP contribution in [0.3, 0.4) is 0 Å². The number of anilines is 1. The highest BCUT2D eigenvalue weighted by Crippen LogP contribution is 2.26. The van der Waals surface area contributed by atoms with Gasteiger partial charge in [-0.15, -0.1) is 16.4 Å². The predicted octanol–water partition coefficient (Wildman–Crippen LogP) is 1.03. The molecule has 19 heavy (non-hydrogen) atoms. The zero-order valence-electron chi connectivity index (χ0n) is 9.06. The molecule has 0 aliphatic heterocycles. The van der Waals surface area contributed by atoms with Crippen molar-refractivity contribution in [2.24, 2.45) is 0 Å². The summed E-state index contributed by atoms with van der Waals surface area (Å²) in [6.07, 6.45) is 4.22. The van der Waals surface area contributed by atoms with Crippen molar-refractivity contribution in [3.63, 3.8) is 0 Å². The van der Waals surface area contributed by atoms with Crippen LogP contribution in [0.5, 0.6) is 0 Å². The molecular weight excluding hydrogens is 312 g/mol. The number of hydrogen-bond donors (Lipinski definition) is 1. The molecule has 0 unspecified atom stereocenters. The smallest absolute Gasteiger partial charge is 0.278 e. The predicted molar refractivity (Wildman–Crippen MR) is 68.7 cm³/mol. The van der Waals surface area contributed by atoms with Crippen LogP contribution in [0.15, 0.2) is 29.0 Å². The first kappa shape index (κ1) is 12.3. The molecular formula is C8H5ClN6O2S2. The molecule has 0 aliphatic rings. The topological polar surface area (TPSA) is 102 Å². The monoisotopic (exact) mass is 316 g/mol. The summed E-state index contributed by atoms with van der Waals surface area (Å²) in [6, 6.07) is 0. The van der Waals surface area contributed by atoms with E-state index in [1.165, 1.54) is 28.1 Å². The lowest BCUT2D eigenvalue weighted by Gasteiger charge is -2.04. The number of nitrogens with one attached hydrogen (secondary N) is 1. The van der Waals surface area contributed by atoms with Gasteiger partial charge in [0.1, 0.15) is 0 Å². The van der Waals surface area contributed by atoms with Gasteiger partial charge in [-0.2, -0.15) is 13.5 Å². The molecule has 0 atom stereocenters. The standard InChI is InChI=1S/C8H5ClN6O2S2/c9-5-6(15-3-4-18-8(15)12-5)19(16,17)14-7-10-1-2-11-13-7/h1-4H,(H,10,13,14). The van der Waals surface area contributed by atoms with Crippen LogP contribution in [0.1, 0.15) is 0 Å². The lowest BCUT2D eigenvalue weighted by atomic mass is 10.9. The first-order valence-corrected chi connectivity index (χ1v) is 7.59. The van der Waals surface area contributed by atoms with Crippen LogP contribution in [0.25, 0.3) is 4.96 Å². The summed E-state index contributed by atoms with van der Waals surface area (Å²) >= 11 is 7.14. The fraction of sp³-hybridized carbons (Fsp3) is 0. The molecule has 0 bridgehead atoms. The first-order chi connectivity index (χ1) is 9.08. The second-order valence-corrected chi connectivity index (χ2v) is 6.16. The molecule has 0 spiro atoms. The normalized spacial score (nSPS) is 11.8. The lowest BCUT2D eigenvalue weighted by Crippen LogP contribution is -2.17. The van der Waals surface area contributed by atoms with Crippen molar-refractivity contribution in [3.05, 3.63) is 29.1 Å². The zero-order valence-corrected chi connectivity index (χ0v) is 11.4. The zero-order chi connectivity index (χ0) is 13.5. The molecule has 0 fully saturated rings. The van der Waals surface area contributed by atoms with Crippen LogP contribution in [-0.4, -0.2) is 33.0 Å². The van der Waals surface area contributed by atoms with Crippen LogP contribution >= 0.6 is 22.9 Å². The molecule has 1 N–H and O–H groups in total. The number of hydrogen-bond acceptors (Lipinski definition) is 7. The summed E-state index contributed by atoms with van der Waals surface area (Å²) < 4.78 is 28.0. The molecule has 0 saturated carbocycles. The lowest BCUT2D eigenvalue weighted by molar-refractivity contribution is 0.596. The molecule has 0 aromatic carbocycles. The number of thiazole rings is 1. The van der Waals surface area contributed by atoms with Crippen molar-refractivity contribution in [2.75, 3.05) is 4.72 Å². The molecule has 98 valence electrons. The van der Waals surface area contributed by atoms with E-state index in [0.717, 1.165) is 0 Å². The fourth-order valence-corrected chi connectivity index (χ4v) is 3.84. The first-order valence-electron chi connectivity index (χ1n) is 4.85. The van der Waals surface area contributed by atoms with E-state index in [0.29, 0.717) is 4.96 Å². The van der Waals surface area contributed by atoms with Crippen molar-refractivity contribution in [1.82, 2.24) is 24.6 Å². The van der Waals surface area contributed by atoms with Gasteiger partial charge in [0.05, 0.1) is 12.4 Å². The van der Waals surface area contributed by atoms with E-state index in [-0.39, 0.29) is 16.1 Å². The Kier molecular flexibility index (Phi) is 2.84. The Morgan fingerprint density at radius 3 is 2.95 bits per heavy atom. The van der Waals surface area contributed by atoms with Crippen LogP contribution in [0, 0.1) is 0 Å². The Morgan fingerprint density at radius 2 is 2.21 bits per heavy atom. The van der Waals surface area contributed by atoms with Gasteiger partial charge in [0.15, 0.2) is 15.1 Å². The molecule has 3 heterocycles. The molecule has 3 aromatic rings. The summed E-state index contributed by atoms with van der Waals surface area (Å²) in [5.74, 6) is -0.135. The van der Waals surface area contributed by atoms with Gasteiger partial charge in [0.2, 0.25) is 0 Å². The molecule has 0 aliphatic carbocycles. The maximum Gasteiger partial charge on any atom is 0.283 e. The molecule has 0 radical (unpaired) electrons. The Bertz CT molecular complexity index is 827. The van der Waals surface area contributed by atoms with Gasteiger partial charge in [-0.1, -0.05) is 11.6 Å². The van der Waals surface area contributed by atoms with Crippen LogP contribution < -0.4 is 4.72 Å². The van der Waals surface area contributed by atoms with Crippen molar-refractivity contribution in [2.45, 2.75) is 5.03 Å². The Labute approximate surface area is 116 Å². The van der Waals surface area contributed by atoms with Gasteiger partial charge in [0.25, 0.3) is 16.0 Å². The third-order valence-corrected chi connectivity index (χ3v) is 4.62. The van der Waals surface area contributed by atoms with Crippen molar-refractivity contribution in [1.29, 1.82) is 0 Å². The quantitative estimate of drug-likeness (QED) is 0.774. The van der Waals surface area contributed by atoms with Crippen LogP contribution in [0.2, 0.25) is 5.15 Å². The van der Waals surface area contributed by atoms with Gasteiger partial charge in [-0.25, -0.2) is 14.7 Å². The number of rotatable bonds is 3. The second kappa shape index (κ2) is 4.40. The number of sulfonamides is 1. The van der Waals surface area contributed by atoms with E-state index in [4.69, 9.17) is 11.6 Å². The summed E-state index contributed by atoms with van der Waals surface area (Å²) in [5.41, 5.74) is 0. The van der Waals surface area contributed by atoms with E-state index < -0.39 is 10.0 Å². The van der Waals surface area contributed by atoms with E-state index in [2.05, 4.69) is 24.9 Å². The van der Waals surface area contributed by atoms with Crippen LogP contribution in [0.4, 0.5) is 5.95 Å². The largest absolute Gasteiger partial charge is 0.283 e. The average Bonchev–Trinajstić information content (AvgIpc) is 2.88. The summed E-state index contributed by atoms with van der Waals surface area (Å²) in [7, 11) is -3.94. The fourth-order valence-electron chi connectivity index (χ4n) is 1.44. The minimum Gasteiger partial charge on any atom is -0.278 e. The van der Waals surface area contributed by atoms with Gasteiger partial charge >= 0.3 is 0 Å². The van der Waals surface area contributed by atoms with E-state index in [1.54, 1.807) is 11.6 Å². The summed E-state index contributed by atoms with van der Waals surface area (Å²) in [5, 5.41) is 8.53. The third kappa shape index (κ3) is 2.13. The number of imidazole rings is 1. The van der Waals surface area contributed by atoms with E-state index >= 15 is 0 Å². The highest BCUT2D eigenvalue weighted by molar-refractivity contribution is 7.92. The Morgan fingerprint density at radius 1 is 1.37 bits per heavy atom. The van der Waals surface area contributed by atoms with Crippen molar-refractivity contribution < 1.29 is 8.42 Å². The summed E-state index contributed by atoms with van der Waals surface area (Å²) in [6.45, 7) is 0. The minimum absolute atomic E-state index is 0.108. The van der Waals surface area contributed by atoms with E-state index in [1.807, 2.05) is 0 Å². The number of halogens is 1. The molecule has 11 heteroatoms. The van der Waals surface area contributed by atoms with Crippen molar-refractivity contribution >= 4 is 43.9 Å².